The van der Waals surface area contributed by atoms with E-state index in [1.54, 1.807) is 12.3 Å². The molecular formula is C27H24FN5OS. The maximum atomic E-state index is 14.0. The Bertz CT molecular complexity index is 1330. The summed E-state index contributed by atoms with van der Waals surface area (Å²) in [6.45, 7) is 0.410. The lowest BCUT2D eigenvalue weighted by Gasteiger charge is -2.28. The minimum absolute atomic E-state index is 0.0976. The summed E-state index contributed by atoms with van der Waals surface area (Å²) in [5.41, 5.74) is 3.22. The van der Waals surface area contributed by atoms with E-state index >= 15 is 0 Å². The number of carbonyl (C=O) groups excluding carboxylic acids is 1. The number of benzene rings is 2. The highest BCUT2D eigenvalue weighted by Gasteiger charge is 2.41. The first-order chi connectivity index (χ1) is 17.1. The second-order valence-electron chi connectivity index (χ2n) is 8.27. The number of para-hydroxylation sites is 1. The molecule has 0 radical (unpaired) electrons. The summed E-state index contributed by atoms with van der Waals surface area (Å²) in [5.74, 6) is -0.405. The minimum Gasteiger partial charge on any atom is -0.352 e. The topological polar surface area (TPSA) is 62.2 Å². The van der Waals surface area contributed by atoms with E-state index in [0.717, 1.165) is 17.1 Å². The van der Waals surface area contributed by atoms with Gasteiger partial charge in [0.25, 0.3) is 0 Å². The summed E-state index contributed by atoms with van der Waals surface area (Å²) in [6, 6.07) is 25.0. The van der Waals surface area contributed by atoms with Crippen LogP contribution in [0.3, 0.4) is 0 Å². The molecule has 1 amide bonds. The molecule has 8 heteroatoms. The number of nitrogens with zero attached hydrogens (tertiary/aromatic N) is 3. The van der Waals surface area contributed by atoms with Crippen LogP contribution in [-0.4, -0.2) is 32.0 Å². The van der Waals surface area contributed by atoms with Crippen LogP contribution in [0.4, 0.5) is 10.1 Å². The predicted octanol–water partition coefficient (Wildman–Crippen LogP) is 5.01. The number of rotatable bonds is 7. The quantitative estimate of drug-likeness (QED) is 0.360. The molecule has 176 valence electrons. The van der Waals surface area contributed by atoms with Crippen molar-refractivity contribution in [1.82, 2.24) is 19.8 Å². The number of nitrogens with one attached hydrogen (secondary N) is 2. The first-order valence-corrected chi connectivity index (χ1v) is 11.8. The van der Waals surface area contributed by atoms with Crippen LogP contribution in [0.15, 0.2) is 97.3 Å². The fraction of sp³-hybridized carbons (Fsp3) is 0.148. The molecule has 2 unspecified atom stereocenters. The van der Waals surface area contributed by atoms with Crippen molar-refractivity contribution in [2.75, 3.05) is 11.9 Å². The number of carbonyl (C=O) groups is 1. The average Bonchev–Trinajstić information content (AvgIpc) is 3.48. The molecule has 1 aliphatic heterocycles. The van der Waals surface area contributed by atoms with Crippen LogP contribution >= 0.6 is 12.2 Å². The zero-order chi connectivity index (χ0) is 24.2. The number of hydrogen-bond acceptors (Lipinski definition) is 3. The van der Waals surface area contributed by atoms with Gasteiger partial charge in [0, 0.05) is 42.4 Å². The number of anilines is 1. The van der Waals surface area contributed by atoms with Crippen LogP contribution in [0.1, 0.15) is 29.9 Å². The summed E-state index contributed by atoms with van der Waals surface area (Å²) in [5, 5.41) is 6.87. The zero-order valence-electron chi connectivity index (χ0n) is 18.8. The molecule has 0 saturated carbocycles. The monoisotopic (exact) mass is 485 g/mol. The second kappa shape index (κ2) is 10.1. The van der Waals surface area contributed by atoms with Gasteiger partial charge in [-0.1, -0.05) is 30.3 Å². The lowest BCUT2D eigenvalue weighted by molar-refractivity contribution is -0.116. The Kier molecular flexibility index (Phi) is 6.54. The van der Waals surface area contributed by atoms with Gasteiger partial charge in [-0.05, 0) is 66.8 Å². The molecule has 0 spiro atoms. The highest BCUT2D eigenvalue weighted by Crippen LogP contribution is 2.39. The van der Waals surface area contributed by atoms with Gasteiger partial charge in [0.15, 0.2) is 5.11 Å². The van der Waals surface area contributed by atoms with E-state index in [-0.39, 0.29) is 30.2 Å². The molecule has 0 bridgehead atoms. The summed E-state index contributed by atoms with van der Waals surface area (Å²) in [6.07, 6.45) is 3.91. The smallest absolute Gasteiger partial charge is 0.226 e. The lowest BCUT2D eigenvalue weighted by Crippen LogP contribution is -2.33. The van der Waals surface area contributed by atoms with E-state index in [1.165, 1.54) is 12.1 Å². The van der Waals surface area contributed by atoms with Crippen molar-refractivity contribution in [3.63, 3.8) is 0 Å². The van der Waals surface area contributed by atoms with Gasteiger partial charge < -0.3 is 20.1 Å². The Morgan fingerprint density at radius 3 is 2.63 bits per heavy atom. The maximum Gasteiger partial charge on any atom is 0.226 e. The van der Waals surface area contributed by atoms with Crippen molar-refractivity contribution in [2.24, 2.45) is 0 Å². The van der Waals surface area contributed by atoms with Crippen LogP contribution < -0.4 is 10.6 Å². The lowest BCUT2D eigenvalue weighted by atomic mass is 10.0. The van der Waals surface area contributed by atoms with Gasteiger partial charge in [-0.3, -0.25) is 9.78 Å². The molecule has 0 aliphatic carbocycles. The highest BCUT2D eigenvalue weighted by molar-refractivity contribution is 7.80. The van der Waals surface area contributed by atoms with Crippen molar-refractivity contribution in [3.05, 3.63) is 115 Å². The fourth-order valence-electron chi connectivity index (χ4n) is 4.43. The van der Waals surface area contributed by atoms with Gasteiger partial charge >= 0.3 is 0 Å². The molecule has 4 aromatic rings. The van der Waals surface area contributed by atoms with Gasteiger partial charge in [-0.15, -0.1) is 0 Å². The Balaban J connectivity index is 1.45. The second-order valence-corrected chi connectivity index (χ2v) is 8.65. The summed E-state index contributed by atoms with van der Waals surface area (Å²) in [7, 11) is 0. The molecule has 6 nitrogen and oxygen atoms in total. The normalized spacial score (nSPS) is 17.3. The van der Waals surface area contributed by atoms with Crippen molar-refractivity contribution >= 4 is 28.9 Å². The van der Waals surface area contributed by atoms with E-state index < -0.39 is 0 Å². The van der Waals surface area contributed by atoms with Crippen molar-refractivity contribution in [2.45, 2.75) is 18.5 Å². The van der Waals surface area contributed by atoms with Gasteiger partial charge in [0.05, 0.1) is 17.8 Å². The van der Waals surface area contributed by atoms with Crippen LogP contribution in [-0.2, 0) is 4.79 Å². The number of hydrogen-bond donors (Lipinski definition) is 2. The van der Waals surface area contributed by atoms with Crippen LogP contribution in [0.5, 0.6) is 0 Å². The molecule has 1 fully saturated rings. The fourth-order valence-corrected chi connectivity index (χ4v) is 4.76. The van der Waals surface area contributed by atoms with Gasteiger partial charge in [-0.25, -0.2) is 4.39 Å². The van der Waals surface area contributed by atoms with E-state index in [9.17, 15) is 9.18 Å². The number of amides is 1. The average molecular weight is 486 g/mol. The first-order valence-electron chi connectivity index (χ1n) is 11.4. The number of aromatic nitrogens is 2. The summed E-state index contributed by atoms with van der Waals surface area (Å²) >= 11 is 5.72. The van der Waals surface area contributed by atoms with E-state index in [1.807, 2.05) is 82.4 Å². The van der Waals surface area contributed by atoms with Gasteiger partial charge in [-0.2, -0.15) is 0 Å². The van der Waals surface area contributed by atoms with E-state index in [4.69, 9.17) is 12.2 Å². The number of thiocarbonyl (C=S) groups is 1. The molecule has 2 aromatic heterocycles. The zero-order valence-corrected chi connectivity index (χ0v) is 19.7. The standard InChI is InChI=1S/C27H24FN5OS/c28-19-8-6-11-21(18-19)32-16-7-13-23(32)26-25(22-12-4-5-15-29-22)31-27(35)33(26)17-14-24(34)30-20-9-2-1-3-10-20/h1-13,15-16,18,25-26H,14,17H2,(H,30,34)(H,31,35). The molecular weight excluding hydrogens is 461 g/mol. The van der Waals surface area contributed by atoms with Crippen LogP contribution in [0.25, 0.3) is 5.69 Å². The molecule has 2 aromatic carbocycles. The van der Waals surface area contributed by atoms with Crippen molar-refractivity contribution < 1.29 is 9.18 Å². The third-order valence-corrected chi connectivity index (χ3v) is 6.36. The Morgan fingerprint density at radius 2 is 1.86 bits per heavy atom. The van der Waals surface area contributed by atoms with E-state index in [2.05, 4.69) is 15.6 Å². The van der Waals surface area contributed by atoms with Crippen LogP contribution in [0.2, 0.25) is 0 Å². The molecule has 1 saturated heterocycles. The van der Waals surface area contributed by atoms with Crippen LogP contribution in [0, 0.1) is 5.82 Å². The number of pyridine rings is 1. The SMILES string of the molecule is O=C(CCN1C(=S)NC(c2ccccn2)C1c1cccn1-c1cccc(F)c1)Nc1ccccc1. The maximum absolute atomic E-state index is 14.0. The predicted molar refractivity (Wildman–Crippen MR) is 138 cm³/mol. The molecule has 2 N–H and O–H groups in total. The Hall–Kier alpha value is -4.04. The van der Waals surface area contributed by atoms with Gasteiger partial charge in [0.2, 0.25) is 5.91 Å². The largest absolute Gasteiger partial charge is 0.352 e. The Labute approximate surface area is 208 Å². The molecule has 1 aliphatic rings. The number of halogens is 1. The van der Waals surface area contributed by atoms with Crippen molar-refractivity contribution in [1.29, 1.82) is 0 Å². The molecule has 2 atom stereocenters. The summed E-state index contributed by atoms with van der Waals surface area (Å²) < 4.78 is 16.0. The third kappa shape index (κ3) is 4.93. The molecule has 5 rings (SSSR count). The highest BCUT2D eigenvalue weighted by atomic mass is 32.1. The third-order valence-electron chi connectivity index (χ3n) is 6.00. The summed E-state index contributed by atoms with van der Waals surface area (Å²) in [4.78, 5) is 19.3. The van der Waals surface area contributed by atoms with E-state index in [0.29, 0.717) is 17.3 Å². The minimum atomic E-state index is -0.307. The van der Waals surface area contributed by atoms with Crippen molar-refractivity contribution in [3.8, 4) is 5.69 Å². The molecule has 35 heavy (non-hydrogen) atoms. The first kappa shape index (κ1) is 22.7. The van der Waals surface area contributed by atoms with Gasteiger partial charge in [0.1, 0.15) is 5.82 Å². The molecule has 3 heterocycles. The Morgan fingerprint density at radius 1 is 1.03 bits per heavy atom.